The Labute approximate surface area is 199 Å². The first-order valence-corrected chi connectivity index (χ1v) is 11.5. The molecule has 2 aromatic carbocycles. The van der Waals surface area contributed by atoms with E-state index in [9.17, 15) is 22.8 Å². The lowest BCUT2D eigenvalue weighted by molar-refractivity contribution is -0.286. The zero-order valence-electron chi connectivity index (χ0n) is 19.0. The normalized spacial score (nSPS) is 27.8. The maximum atomic E-state index is 13.5. The minimum Gasteiger partial charge on any atom is -0.484 e. The second-order valence-electron chi connectivity index (χ2n) is 9.62. The number of amides is 2. The number of fused-ring (bicyclic) bond motifs is 4. The monoisotopic (exact) mass is 490 g/mol. The van der Waals surface area contributed by atoms with Crippen LogP contribution < -0.4 is 24.8 Å². The smallest absolute Gasteiger partial charge is 0.484 e. The van der Waals surface area contributed by atoms with Gasteiger partial charge in [-0.15, -0.1) is 8.78 Å². The van der Waals surface area contributed by atoms with Gasteiger partial charge in [-0.25, -0.2) is 4.39 Å². The Bertz CT molecular complexity index is 1160. The Hall–Kier alpha value is -3.43. The van der Waals surface area contributed by atoms with Gasteiger partial charge in [0.05, 0.1) is 0 Å². The molecule has 1 heterocycles. The van der Waals surface area contributed by atoms with Crippen molar-refractivity contribution in [3.8, 4) is 17.2 Å². The van der Waals surface area contributed by atoms with Gasteiger partial charge in [0.15, 0.2) is 18.1 Å². The highest BCUT2D eigenvalue weighted by Crippen LogP contribution is 2.50. The predicted molar refractivity (Wildman–Crippen MR) is 118 cm³/mol. The molecule has 35 heavy (non-hydrogen) atoms. The second kappa shape index (κ2) is 8.35. The molecule has 3 saturated carbocycles. The quantitative estimate of drug-likeness (QED) is 0.635. The molecule has 4 aliphatic rings. The third kappa shape index (κ3) is 4.61. The molecule has 7 nitrogen and oxygen atoms in total. The molecular weight excluding hydrogens is 465 g/mol. The summed E-state index contributed by atoms with van der Waals surface area (Å²) in [6, 6.07) is 9.58. The van der Waals surface area contributed by atoms with Gasteiger partial charge in [-0.2, -0.15) is 0 Å². The zero-order chi connectivity index (χ0) is 24.8. The van der Waals surface area contributed by atoms with Crippen molar-refractivity contribution in [3.63, 3.8) is 0 Å². The van der Waals surface area contributed by atoms with Gasteiger partial charge in [0.1, 0.15) is 11.6 Å². The Morgan fingerprint density at radius 3 is 2.49 bits per heavy atom. The lowest BCUT2D eigenvalue weighted by Gasteiger charge is -2.57. The van der Waals surface area contributed by atoms with Crippen LogP contribution in [0.3, 0.4) is 0 Å². The van der Waals surface area contributed by atoms with E-state index < -0.39 is 17.7 Å². The first-order chi connectivity index (χ1) is 16.6. The first-order valence-electron chi connectivity index (χ1n) is 11.5. The van der Waals surface area contributed by atoms with E-state index >= 15 is 0 Å². The van der Waals surface area contributed by atoms with Crippen molar-refractivity contribution >= 4 is 11.8 Å². The molecular formula is C25H25F3N2O5. The fourth-order valence-electron chi connectivity index (χ4n) is 5.50. The fourth-order valence-corrected chi connectivity index (χ4v) is 5.50. The van der Waals surface area contributed by atoms with Gasteiger partial charge in [0.2, 0.25) is 0 Å². The number of nitrogens with one attached hydrogen (secondary N) is 2. The number of alkyl halides is 2. The van der Waals surface area contributed by atoms with Gasteiger partial charge < -0.3 is 24.8 Å². The Morgan fingerprint density at radius 1 is 1.03 bits per heavy atom. The second-order valence-corrected chi connectivity index (χ2v) is 9.62. The highest BCUT2D eigenvalue weighted by atomic mass is 19.3. The van der Waals surface area contributed by atoms with Crippen LogP contribution in [0.4, 0.5) is 13.2 Å². The Kier molecular flexibility index (Phi) is 5.56. The summed E-state index contributed by atoms with van der Waals surface area (Å²) in [6.07, 6.45) is -0.288. The number of carbonyl (C=O) groups excluding carboxylic acids is 2. The molecule has 2 bridgehead atoms. The summed E-state index contributed by atoms with van der Waals surface area (Å²) in [5.74, 6) is -1.04. The van der Waals surface area contributed by atoms with Crippen LogP contribution in [0.2, 0.25) is 0 Å². The van der Waals surface area contributed by atoms with Crippen molar-refractivity contribution in [2.75, 3.05) is 6.61 Å². The van der Waals surface area contributed by atoms with Gasteiger partial charge >= 0.3 is 6.29 Å². The van der Waals surface area contributed by atoms with E-state index in [4.69, 9.17) is 4.74 Å². The molecule has 186 valence electrons. The van der Waals surface area contributed by atoms with Crippen LogP contribution >= 0.6 is 0 Å². The molecule has 0 aromatic heterocycles. The maximum absolute atomic E-state index is 13.5. The van der Waals surface area contributed by atoms with Crippen LogP contribution in [0, 0.1) is 11.7 Å². The number of benzene rings is 2. The van der Waals surface area contributed by atoms with Crippen LogP contribution in [-0.4, -0.2) is 35.8 Å². The third-order valence-electron chi connectivity index (χ3n) is 7.34. The molecule has 3 fully saturated rings. The highest BCUT2D eigenvalue weighted by Gasteiger charge is 2.54. The first kappa shape index (κ1) is 23.3. The van der Waals surface area contributed by atoms with Gasteiger partial charge in [-0.3, -0.25) is 9.59 Å². The average molecular weight is 490 g/mol. The number of halogens is 3. The van der Waals surface area contributed by atoms with Crippen molar-refractivity contribution in [2.24, 2.45) is 5.92 Å². The summed E-state index contributed by atoms with van der Waals surface area (Å²) in [4.78, 5) is 25.4. The molecule has 3 aliphatic carbocycles. The molecule has 0 unspecified atom stereocenters. The van der Waals surface area contributed by atoms with Gasteiger partial charge in [-0.05, 0) is 68.4 Å². The number of hydrogen-bond donors (Lipinski definition) is 2. The molecule has 1 atom stereocenters. The van der Waals surface area contributed by atoms with Crippen LogP contribution in [0.15, 0.2) is 42.5 Å². The SMILES string of the molecule is C[C@H]1CC2(NC(=O)c3cccc(F)c3)CCC1(NC(=O)COc1ccc3c(c1)OC(F)(F)O3)CC2. The summed E-state index contributed by atoms with van der Waals surface area (Å²) in [5.41, 5.74) is -0.518. The third-order valence-corrected chi connectivity index (χ3v) is 7.34. The molecule has 1 aliphatic heterocycles. The van der Waals surface area contributed by atoms with Crippen LogP contribution in [0.5, 0.6) is 17.2 Å². The van der Waals surface area contributed by atoms with Crippen molar-refractivity contribution in [3.05, 3.63) is 53.8 Å². The van der Waals surface area contributed by atoms with Crippen LogP contribution in [0.25, 0.3) is 0 Å². The standard InChI is InChI=1S/C25H25F3N2O5/c1-15-13-23(30-22(32)16-3-2-4-17(26)11-16)7-9-24(15,10-8-23)29-21(31)14-33-18-5-6-19-20(12-18)35-25(27,28)34-19/h2-6,11-12,15H,7-10,13-14H2,1H3,(H,29,31)(H,30,32)/t15-,23?,24?/m0/s1. The Balaban J connectivity index is 1.17. The largest absolute Gasteiger partial charge is 0.586 e. The molecule has 2 N–H and O–H groups in total. The lowest BCUT2D eigenvalue weighted by Crippen LogP contribution is -2.67. The molecule has 0 saturated heterocycles. The summed E-state index contributed by atoms with van der Waals surface area (Å²) in [6.45, 7) is 1.76. The number of rotatable bonds is 6. The Morgan fingerprint density at radius 2 is 1.77 bits per heavy atom. The van der Waals surface area contributed by atoms with Gasteiger partial charge in [-0.1, -0.05) is 13.0 Å². The van der Waals surface area contributed by atoms with Gasteiger partial charge in [0, 0.05) is 22.7 Å². The summed E-state index contributed by atoms with van der Waals surface area (Å²) in [7, 11) is 0. The van der Waals surface area contributed by atoms with E-state index in [0.29, 0.717) is 32.1 Å². The summed E-state index contributed by atoms with van der Waals surface area (Å²) >= 11 is 0. The van der Waals surface area contributed by atoms with E-state index in [1.807, 2.05) is 6.92 Å². The van der Waals surface area contributed by atoms with Crippen molar-refractivity contribution in [1.82, 2.24) is 10.6 Å². The van der Waals surface area contributed by atoms with E-state index in [0.717, 1.165) is 0 Å². The molecule has 10 heteroatoms. The van der Waals surface area contributed by atoms with Crippen LogP contribution in [-0.2, 0) is 4.79 Å². The molecule has 0 spiro atoms. The minimum absolute atomic E-state index is 0.0922. The highest BCUT2D eigenvalue weighted by molar-refractivity contribution is 5.94. The number of ether oxygens (including phenoxy) is 3. The average Bonchev–Trinajstić information content (AvgIpc) is 3.12. The minimum atomic E-state index is -3.72. The van der Waals surface area contributed by atoms with E-state index in [-0.39, 0.29) is 52.7 Å². The predicted octanol–water partition coefficient (Wildman–Crippen LogP) is 4.16. The van der Waals surface area contributed by atoms with E-state index in [2.05, 4.69) is 20.1 Å². The fraction of sp³-hybridized carbons (Fsp3) is 0.440. The van der Waals surface area contributed by atoms with Crippen molar-refractivity contribution in [2.45, 2.75) is 56.4 Å². The lowest BCUT2D eigenvalue weighted by atomic mass is 9.56. The maximum Gasteiger partial charge on any atom is 0.586 e. The van der Waals surface area contributed by atoms with Gasteiger partial charge in [0.25, 0.3) is 11.8 Å². The van der Waals surface area contributed by atoms with Crippen molar-refractivity contribution in [1.29, 1.82) is 0 Å². The number of carbonyl (C=O) groups is 2. The topological polar surface area (TPSA) is 85.9 Å². The van der Waals surface area contributed by atoms with E-state index in [1.54, 1.807) is 6.07 Å². The zero-order valence-corrected chi connectivity index (χ0v) is 19.0. The van der Waals surface area contributed by atoms with E-state index in [1.165, 1.54) is 36.4 Å². The summed E-state index contributed by atoms with van der Waals surface area (Å²) in [5, 5.41) is 6.23. The molecule has 0 radical (unpaired) electrons. The van der Waals surface area contributed by atoms with Crippen molar-refractivity contribution < 1.29 is 37.0 Å². The molecule has 2 aromatic rings. The number of hydrogen-bond acceptors (Lipinski definition) is 5. The summed E-state index contributed by atoms with van der Waals surface area (Å²) < 4.78 is 54.1. The molecule has 2 amide bonds. The van der Waals surface area contributed by atoms with Crippen LogP contribution in [0.1, 0.15) is 49.4 Å². The molecule has 6 rings (SSSR count).